The predicted molar refractivity (Wildman–Crippen MR) is 38.8 cm³/mol. The molecule has 0 aromatic carbocycles. The van der Waals surface area contributed by atoms with Gasteiger partial charge >= 0.3 is 0 Å². The first-order valence-corrected chi connectivity index (χ1v) is 3.29. The van der Waals surface area contributed by atoms with E-state index >= 15 is 0 Å². The van der Waals surface area contributed by atoms with Gasteiger partial charge in [0.05, 0.1) is 0 Å². The van der Waals surface area contributed by atoms with Crippen LogP contribution in [0.5, 0.6) is 0 Å². The van der Waals surface area contributed by atoms with Crippen molar-refractivity contribution in [3.63, 3.8) is 0 Å². The molecule has 0 aliphatic carbocycles. The van der Waals surface area contributed by atoms with Crippen molar-refractivity contribution in [3.05, 3.63) is 12.2 Å². The number of hydrogen-bond acceptors (Lipinski definition) is 0. The van der Waals surface area contributed by atoms with Gasteiger partial charge < -0.3 is 0 Å². The summed E-state index contributed by atoms with van der Waals surface area (Å²) in [6, 6.07) is 0. The number of hydrogen-bond donors (Lipinski definition) is 0. The molecule has 0 unspecified atom stereocenters. The van der Waals surface area contributed by atoms with E-state index in [-0.39, 0.29) is 6.61 Å². The van der Waals surface area contributed by atoms with E-state index in [1.807, 2.05) is 6.08 Å². The molecule has 1 radical (unpaired) electrons. The second-order valence-electron chi connectivity index (χ2n) is 3.40. The van der Waals surface area contributed by atoms with Crippen molar-refractivity contribution in [1.29, 1.82) is 0 Å². The van der Waals surface area contributed by atoms with Crippen molar-refractivity contribution in [1.82, 2.24) is 0 Å². The van der Waals surface area contributed by atoms with Crippen LogP contribution in [0.4, 0.5) is 0 Å². The highest BCUT2D eigenvalue weighted by Crippen LogP contribution is 2.18. The fourth-order valence-corrected chi connectivity index (χ4v) is 0.505. The quantitative estimate of drug-likeness (QED) is 0.508. The minimum atomic E-state index is -0.0872. The molecule has 0 rings (SSSR count). The van der Waals surface area contributed by atoms with Crippen molar-refractivity contribution in [2.75, 3.05) is 6.61 Å². The van der Waals surface area contributed by atoms with Crippen molar-refractivity contribution in [2.45, 2.75) is 27.2 Å². The lowest BCUT2D eigenvalue weighted by molar-refractivity contribution is 0.231. The summed E-state index contributed by atoms with van der Waals surface area (Å²) in [6.07, 6.45) is 4.62. The second-order valence-corrected chi connectivity index (χ2v) is 3.40. The summed E-state index contributed by atoms with van der Waals surface area (Å²) in [7, 11) is 0. The molecule has 0 spiro atoms. The fourth-order valence-electron chi connectivity index (χ4n) is 0.505. The van der Waals surface area contributed by atoms with E-state index in [0.29, 0.717) is 5.41 Å². The lowest BCUT2D eigenvalue weighted by atomic mass is 9.92. The first kappa shape index (κ1) is 8.70. The monoisotopic (exact) mass is 127 g/mol. The molecule has 0 aromatic rings. The van der Waals surface area contributed by atoms with Crippen LogP contribution >= 0.6 is 0 Å². The van der Waals surface area contributed by atoms with Crippen LogP contribution in [-0.4, -0.2) is 6.61 Å². The van der Waals surface area contributed by atoms with E-state index in [2.05, 4.69) is 20.8 Å². The predicted octanol–water partition coefficient (Wildman–Crippen LogP) is 2.41. The van der Waals surface area contributed by atoms with Gasteiger partial charge in [0, 0.05) is 0 Å². The van der Waals surface area contributed by atoms with Gasteiger partial charge in [-0.3, -0.25) is 0 Å². The molecule has 0 atom stereocenters. The van der Waals surface area contributed by atoms with Gasteiger partial charge in [-0.1, -0.05) is 32.9 Å². The van der Waals surface area contributed by atoms with Crippen LogP contribution < -0.4 is 0 Å². The molecule has 1 heteroatoms. The van der Waals surface area contributed by atoms with Crippen LogP contribution in [0.15, 0.2) is 12.2 Å². The van der Waals surface area contributed by atoms with Crippen molar-refractivity contribution in [2.24, 2.45) is 5.41 Å². The van der Waals surface area contributed by atoms with Gasteiger partial charge in [-0.25, -0.2) is 5.11 Å². The zero-order valence-electron chi connectivity index (χ0n) is 6.48. The van der Waals surface area contributed by atoms with Crippen LogP contribution in [0, 0.1) is 5.41 Å². The fraction of sp³-hybridized carbons (Fsp3) is 0.750. The van der Waals surface area contributed by atoms with E-state index in [1.54, 1.807) is 6.08 Å². The first-order valence-electron chi connectivity index (χ1n) is 3.29. The van der Waals surface area contributed by atoms with E-state index in [9.17, 15) is 5.11 Å². The van der Waals surface area contributed by atoms with Gasteiger partial charge in [-0.15, -0.1) is 0 Å². The Labute approximate surface area is 57.4 Å². The maximum Gasteiger partial charge on any atom is 0.100 e. The molecule has 9 heavy (non-hydrogen) atoms. The Morgan fingerprint density at radius 2 is 1.78 bits per heavy atom. The average Bonchev–Trinajstić information content (AvgIpc) is 1.63. The maximum absolute atomic E-state index is 9.93. The van der Waals surface area contributed by atoms with Crippen LogP contribution in [0.25, 0.3) is 0 Å². The van der Waals surface area contributed by atoms with Gasteiger partial charge in [0.1, 0.15) is 6.61 Å². The third-order valence-electron chi connectivity index (χ3n) is 0.993. The molecule has 0 saturated heterocycles. The van der Waals surface area contributed by atoms with Crippen molar-refractivity contribution in [3.8, 4) is 0 Å². The molecule has 0 aliphatic heterocycles. The Bertz CT molecular complexity index is 87.2. The highest BCUT2D eigenvalue weighted by Gasteiger charge is 2.05. The molecule has 0 saturated carbocycles. The average molecular weight is 127 g/mol. The van der Waals surface area contributed by atoms with Gasteiger partial charge in [-0.05, 0) is 11.8 Å². The zero-order valence-corrected chi connectivity index (χ0v) is 6.48. The Morgan fingerprint density at radius 3 is 2.11 bits per heavy atom. The summed E-state index contributed by atoms with van der Waals surface area (Å²) in [5.74, 6) is 0. The standard InChI is InChI=1S/C8H15O/c1-8(2,3)6-4-5-7-9/h4-5H,6-7H2,1-3H3/b5-4+. The highest BCUT2D eigenvalue weighted by molar-refractivity contribution is 4.84. The van der Waals surface area contributed by atoms with E-state index in [1.165, 1.54) is 0 Å². The van der Waals surface area contributed by atoms with E-state index < -0.39 is 0 Å². The third kappa shape index (κ3) is 7.70. The normalized spacial score (nSPS) is 12.9. The van der Waals surface area contributed by atoms with Crippen LogP contribution in [0.2, 0.25) is 0 Å². The van der Waals surface area contributed by atoms with Gasteiger partial charge in [-0.2, -0.15) is 0 Å². The van der Waals surface area contributed by atoms with Gasteiger partial charge in [0.15, 0.2) is 0 Å². The van der Waals surface area contributed by atoms with Crippen LogP contribution in [0.3, 0.4) is 0 Å². The molecular weight excluding hydrogens is 112 g/mol. The molecule has 0 N–H and O–H groups in total. The molecule has 0 aliphatic rings. The summed E-state index contributed by atoms with van der Waals surface area (Å²) in [5.41, 5.74) is 0.325. The number of allylic oxidation sites excluding steroid dienone is 1. The first-order chi connectivity index (χ1) is 4.06. The Kier molecular flexibility index (Phi) is 3.55. The topological polar surface area (TPSA) is 19.9 Å². The molecule has 1 nitrogen and oxygen atoms in total. The Morgan fingerprint density at radius 1 is 1.22 bits per heavy atom. The molecule has 0 bridgehead atoms. The third-order valence-corrected chi connectivity index (χ3v) is 0.993. The minimum Gasteiger partial charge on any atom is -0.232 e. The summed E-state index contributed by atoms with van der Waals surface area (Å²) in [4.78, 5) is 0. The van der Waals surface area contributed by atoms with Gasteiger partial charge in [0.25, 0.3) is 0 Å². The Balaban J connectivity index is 3.38. The summed E-state index contributed by atoms with van der Waals surface area (Å²) in [6.45, 7) is 6.38. The molecule has 0 heterocycles. The second kappa shape index (κ2) is 3.67. The summed E-state index contributed by atoms with van der Waals surface area (Å²) in [5, 5.41) is 9.93. The van der Waals surface area contributed by atoms with E-state index in [0.717, 1.165) is 6.42 Å². The lowest BCUT2D eigenvalue weighted by Gasteiger charge is -2.13. The lowest BCUT2D eigenvalue weighted by Crippen LogP contribution is -2.01. The molecule has 0 amide bonds. The van der Waals surface area contributed by atoms with Crippen LogP contribution in [-0.2, 0) is 5.11 Å². The van der Waals surface area contributed by atoms with Gasteiger partial charge in [0.2, 0.25) is 0 Å². The minimum absolute atomic E-state index is 0.0872. The van der Waals surface area contributed by atoms with E-state index in [4.69, 9.17) is 0 Å². The summed E-state index contributed by atoms with van der Waals surface area (Å²) >= 11 is 0. The van der Waals surface area contributed by atoms with Crippen LogP contribution in [0.1, 0.15) is 27.2 Å². The van der Waals surface area contributed by atoms with Crippen molar-refractivity contribution >= 4 is 0 Å². The number of rotatable bonds is 2. The molecular formula is C8H15O. The molecule has 0 aromatic heterocycles. The largest absolute Gasteiger partial charge is 0.232 e. The SMILES string of the molecule is CC(C)(C)C/C=C/C[O]. The van der Waals surface area contributed by atoms with Crippen molar-refractivity contribution < 1.29 is 5.11 Å². The highest BCUT2D eigenvalue weighted by atomic mass is 16.2. The smallest absolute Gasteiger partial charge is 0.100 e. The summed E-state index contributed by atoms with van der Waals surface area (Å²) < 4.78 is 0. The molecule has 0 fully saturated rings. The molecule has 53 valence electrons. The maximum atomic E-state index is 9.93. The Hall–Kier alpha value is -0.300. The zero-order chi connectivity index (χ0) is 7.33.